The summed E-state index contributed by atoms with van der Waals surface area (Å²) in [4.78, 5) is 25.6. The number of hydrogen-bond acceptors (Lipinski definition) is 8. The number of carbonyl (C=O) groups excluding carboxylic acids is 2. The molecular formula is C35H32N4O8S2. The minimum atomic E-state index is -4.08. The first-order chi connectivity index (χ1) is 23.3. The summed E-state index contributed by atoms with van der Waals surface area (Å²) in [6.07, 6.45) is 0. The molecule has 5 rings (SSSR count). The molecule has 0 aromatic heterocycles. The van der Waals surface area contributed by atoms with E-state index in [0.29, 0.717) is 16.9 Å². The fourth-order valence-electron chi connectivity index (χ4n) is 4.42. The van der Waals surface area contributed by atoms with Crippen LogP contribution in [0.1, 0.15) is 16.7 Å². The van der Waals surface area contributed by atoms with Gasteiger partial charge in [0.1, 0.15) is 21.3 Å². The monoisotopic (exact) mass is 700 g/mol. The fraction of sp³-hybridized carbons (Fsp3) is 0.0857. The van der Waals surface area contributed by atoms with E-state index in [1.54, 1.807) is 61.5 Å². The Bertz CT molecular complexity index is 2220. The van der Waals surface area contributed by atoms with Crippen molar-refractivity contribution >= 4 is 55.0 Å². The highest BCUT2D eigenvalue weighted by Crippen LogP contribution is 2.26. The van der Waals surface area contributed by atoms with Gasteiger partial charge in [-0.1, -0.05) is 53.6 Å². The zero-order valence-electron chi connectivity index (χ0n) is 26.6. The minimum Gasteiger partial charge on any atom is -0.379 e. The predicted molar refractivity (Wildman–Crippen MR) is 187 cm³/mol. The lowest BCUT2D eigenvalue weighted by Gasteiger charge is -2.14. The summed E-state index contributed by atoms with van der Waals surface area (Å²) in [5.41, 5.74) is 3.79. The molecule has 0 bridgehead atoms. The Morgan fingerprint density at radius 3 is 1.35 bits per heavy atom. The molecule has 0 saturated heterocycles. The number of urea groups is 2. The van der Waals surface area contributed by atoms with E-state index in [2.05, 4.69) is 21.3 Å². The van der Waals surface area contributed by atoms with Crippen molar-refractivity contribution in [3.8, 4) is 11.5 Å². The predicted octanol–water partition coefficient (Wildman–Crippen LogP) is 7.44. The molecule has 0 aliphatic heterocycles. The Hall–Kier alpha value is -5.86. The van der Waals surface area contributed by atoms with Crippen LogP contribution in [0.3, 0.4) is 0 Å². The Morgan fingerprint density at radius 2 is 0.898 bits per heavy atom. The molecule has 0 spiro atoms. The lowest BCUT2D eigenvalue weighted by atomic mass is 10.2. The lowest BCUT2D eigenvalue weighted by Crippen LogP contribution is -2.21. The van der Waals surface area contributed by atoms with Crippen molar-refractivity contribution in [2.75, 3.05) is 21.3 Å². The fourth-order valence-corrected chi connectivity index (χ4v) is 6.27. The molecule has 0 radical (unpaired) electrons. The lowest BCUT2D eigenvalue weighted by molar-refractivity contribution is 0.261. The average molecular weight is 701 g/mol. The van der Waals surface area contributed by atoms with E-state index in [4.69, 9.17) is 8.37 Å². The van der Waals surface area contributed by atoms with Gasteiger partial charge in [0.2, 0.25) is 0 Å². The topological polar surface area (TPSA) is 169 Å². The van der Waals surface area contributed by atoms with E-state index in [-0.39, 0.29) is 32.7 Å². The summed E-state index contributed by atoms with van der Waals surface area (Å²) in [7, 11) is -8.17. The number of amides is 4. The van der Waals surface area contributed by atoms with Crippen LogP contribution in [0.2, 0.25) is 0 Å². The van der Waals surface area contributed by atoms with Gasteiger partial charge < -0.3 is 29.6 Å². The van der Waals surface area contributed by atoms with E-state index < -0.39 is 32.3 Å². The molecule has 0 aliphatic rings. The summed E-state index contributed by atoms with van der Waals surface area (Å²) >= 11 is 0. The smallest absolute Gasteiger partial charge is 0.339 e. The summed E-state index contributed by atoms with van der Waals surface area (Å²) < 4.78 is 61.2. The standard InChI is InChI=1S/C35H32N4O8S2/c1-23-10-16-31(17-11-23)48(42,43)46-29-8-4-6-26(20-29)36-34(40)38-28-15-14-25(3)33(22-28)39-35(41)37-27-7-5-9-30(21-27)47-49(44,45)32-18-12-24(2)13-19-32/h4-22H,1-3H3,(H2,36,38,40)(H2,37,39,41). The third-order valence-corrected chi connectivity index (χ3v) is 9.48. The van der Waals surface area contributed by atoms with Gasteiger partial charge in [0.25, 0.3) is 0 Å². The molecule has 0 atom stereocenters. The van der Waals surface area contributed by atoms with Crippen molar-refractivity contribution in [1.29, 1.82) is 0 Å². The summed E-state index contributed by atoms with van der Waals surface area (Å²) in [5, 5.41) is 10.6. The van der Waals surface area contributed by atoms with Crippen LogP contribution < -0.4 is 29.6 Å². The zero-order chi connectivity index (χ0) is 35.2. The second-order valence-electron chi connectivity index (χ2n) is 10.9. The SMILES string of the molecule is Cc1ccc(S(=O)(=O)Oc2cccc(NC(=O)Nc3ccc(C)c(NC(=O)Nc4cccc(OS(=O)(=O)c5ccc(C)cc5)c4)c3)c2)cc1. The summed E-state index contributed by atoms with van der Waals surface area (Å²) in [6, 6.07) is 27.9. The van der Waals surface area contributed by atoms with E-state index in [0.717, 1.165) is 11.1 Å². The van der Waals surface area contributed by atoms with Crippen LogP contribution in [0, 0.1) is 20.8 Å². The van der Waals surface area contributed by atoms with Crippen molar-refractivity contribution in [2.45, 2.75) is 30.6 Å². The van der Waals surface area contributed by atoms with E-state index in [1.165, 1.54) is 60.7 Å². The number of aryl methyl sites for hydroxylation is 3. The van der Waals surface area contributed by atoms with Crippen LogP contribution in [0.25, 0.3) is 0 Å². The average Bonchev–Trinajstić information content (AvgIpc) is 3.03. The molecule has 4 N–H and O–H groups in total. The number of anilines is 4. The van der Waals surface area contributed by atoms with Crippen molar-refractivity contribution in [3.63, 3.8) is 0 Å². The zero-order valence-corrected chi connectivity index (χ0v) is 28.2. The maximum atomic E-state index is 12.9. The molecule has 14 heteroatoms. The molecule has 5 aromatic rings. The van der Waals surface area contributed by atoms with Gasteiger partial charge in [-0.2, -0.15) is 16.8 Å². The van der Waals surface area contributed by atoms with Gasteiger partial charge in [0, 0.05) is 34.9 Å². The largest absolute Gasteiger partial charge is 0.379 e. The molecule has 12 nitrogen and oxygen atoms in total. The molecule has 5 aromatic carbocycles. The molecule has 0 fully saturated rings. The summed E-state index contributed by atoms with van der Waals surface area (Å²) in [6.45, 7) is 5.44. The Labute approximate surface area is 284 Å². The van der Waals surface area contributed by atoms with Crippen molar-refractivity contribution in [1.82, 2.24) is 0 Å². The van der Waals surface area contributed by atoms with Crippen LogP contribution in [0.5, 0.6) is 11.5 Å². The Morgan fingerprint density at radius 1 is 0.490 bits per heavy atom. The van der Waals surface area contributed by atoms with Gasteiger partial charge in [-0.15, -0.1) is 0 Å². The Kier molecular flexibility index (Phi) is 10.2. The van der Waals surface area contributed by atoms with Gasteiger partial charge in [0.15, 0.2) is 0 Å². The third-order valence-electron chi connectivity index (χ3n) is 6.96. The van der Waals surface area contributed by atoms with Gasteiger partial charge >= 0.3 is 32.3 Å². The van der Waals surface area contributed by atoms with Gasteiger partial charge in [-0.05, 0) is 87.0 Å². The molecule has 252 valence electrons. The van der Waals surface area contributed by atoms with Crippen molar-refractivity contribution < 1.29 is 34.8 Å². The van der Waals surface area contributed by atoms with Crippen LogP contribution >= 0.6 is 0 Å². The maximum Gasteiger partial charge on any atom is 0.339 e. The molecule has 49 heavy (non-hydrogen) atoms. The third kappa shape index (κ3) is 9.37. The van der Waals surface area contributed by atoms with Gasteiger partial charge in [0.05, 0.1) is 0 Å². The van der Waals surface area contributed by atoms with Gasteiger partial charge in [-0.25, -0.2) is 9.59 Å². The van der Waals surface area contributed by atoms with Crippen molar-refractivity contribution in [3.05, 3.63) is 132 Å². The molecular weight excluding hydrogens is 669 g/mol. The quantitative estimate of drug-likeness (QED) is 0.109. The van der Waals surface area contributed by atoms with Crippen LogP contribution in [-0.2, 0) is 20.2 Å². The second-order valence-corrected chi connectivity index (χ2v) is 14.0. The van der Waals surface area contributed by atoms with Crippen LogP contribution in [-0.4, -0.2) is 28.9 Å². The van der Waals surface area contributed by atoms with Crippen LogP contribution in [0.15, 0.2) is 125 Å². The first kappa shape index (κ1) is 34.5. The summed E-state index contributed by atoms with van der Waals surface area (Å²) in [5.74, 6) is 0.0213. The molecule has 0 unspecified atom stereocenters. The first-order valence-corrected chi connectivity index (χ1v) is 17.6. The number of nitrogens with one attached hydrogen (secondary N) is 4. The van der Waals surface area contributed by atoms with E-state index in [1.807, 2.05) is 13.8 Å². The highest BCUT2D eigenvalue weighted by atomic mass is 32.2. The van der Waals surface area contributed by atoms with Crippen LogP contribution in [0.4, 0.5) is 32.3 Å². The number of benzene rings is 5. The molecule has 0 saturated carbocycles. The second kappa shape index (κ2) is 14.5. The normalized spacial score (nSPS) is 11.2. The number of rotatable bonds is 10. The highest BCUT2D eigenvalue weighted by molar-refractivity contribution is 7.87. The molecule has 0 heterocycles. The van der Waals surface area contributed by atoms with E-state index >= 15 is 0 Å². The molecule has 0 aliphatic carbocycles. The van der Waals surface area contributed by atoms with E-state index in [9.17, 15) is 26.4 Å². The highest BCUT2D eigenvalue weighted by Gasteiger charge is 2.18. The Balaban J connectivity index is 1.19. The molecule has 4 amide bonds. The van der Waals surface area contributed by atoms with Crippen molar-refractivity contribution in [2.24, 2.45) is 0 Å². The minimum absolute atomic E-state index is 0.00118. The number of carbonyl (C=O) groups is 2. The number of hydrogen-bond donors (Lipinski definition) is 4. The maximum absolute atomic E-state index is 12.9. The van der Waals surface area contributed by atoms with Gasteiger partial charge in [-0.3, -0.25) is 0 Å². The first-order valence-electron chi connectivity index (χ1n) is 14.7.